The molecule has 1 aliphatic rings. The van der Waals surface area contributed by atoms with Crippen LogP contribution in [-0.4, -0.2) is 5.78 Å². The van der Waals surface area contributed by atoms with Crippen LogP contribution in [0.1, 0.15) is 19.3 Å². The van der Waals surface area contributed by atoms with Gasteiger partial charge in [0.2, 0.25) is 0 Å². The fourth-order valence-corrected chi connectivity index (χ4v) is 0.859. The van der Waals surface area contributed by atoms with Crippen molar-refractivity contribution in [2.45, 2.75) is 19.3 Å². The maximum atomic E-state index is 10.5. The van der Waals surface area contributed by atoms with Crippen molar-refractivity contribution in [2.75, 3.05) is 0 Å². The lowest BCUT2D eigenvalue weighted by molar-refractivity contribution is -0.118. The summed E-state index contributed by atoms with van der Waals surface area (Å²) in [6.07, 6.45) is 3.71. The average molecular weight is 131 g/mol. The zero-order chi connectivity index (χ0) is 5.98. The zero-order valence-corrected chi connectivity index (χ0v) is 5.24. The van der Waals surface area contributed by atoms with Crippen LogP contribution in [0.3, 0.4) is 0 Å². The van der Waals surface area contributed by atoms with Gasteiger partial charge in [-0.2, -0.15) is 0 Å². The van der Waals surface area contributed by atoms with Crippen LogP contribution in [0.25, 0.3) is 0 Å². The molecule has 0 bridgehead atoms. The van der Waals surface area contributed by atoms with Gasteiger partial charge in [0.1, 0.15) is 5.78 Å². The number of ketones is 1. The highest BCUT2D eigenvalue weighted by Gasteiger charge is 2.06. The Hall–Kier alpha value is -0.300. The Morgan fingerprint density at radius 3 is 2.62 bits per heavy atom. The summed E-state index contributed by atoms with van der Waals surface area (Å²) >= 11 is 5.59. The maximum Gasteiger partial charge on any atom is 0.137 e. The number of halogens is 1. The van der Waals surface area contributed by atoms with E-state index in [0.717, 1.165) is 11.5 Å². The molecule has 1 rings (SSSR count). The van der Waals surface area contributed by atoms with Crippen LogP contribution >= 0.6 is 11.6 Å². The highest BCUT2D eigenvalue weighted by molar-refractivity contribution is 6.30. The summed E-state index contributed by atoms with van der Waals surface area (Å²) in [5.74, 6) is 0.300. The molecule has 0 atom stereocenters. The second-order valence-electron chi connectivity index (χ2n) is 1.89. The van der Waals surface area contributed by atoms with Gasteiger partial charge in [0.15, 0.2) is 0 Å². The Morgan fingerprint density at radius 2 is 2.25 bits per heavy atom. The first-order valence-electron chi connectivity index (χ1n) is 2.65. The van der Waals surface area contributed by atoms with Gasteiger partial charge in [0, 0.05) is 17.9 Å². The van der Waals surface area contributed by atoms with E-state index in [1.165, 1.54) is 0 Å². The quantitative estimate of drug-likeness (QED) is 0.489. The lowest BCUT2D eigenvalue weighted by Gasteiger charge is -2.03. The van der Waals surface area contributed by atoms with Crippen LogP contribution in [0, 0.1) is 0 Å². The van der Waals surface area contributed by atoms with Gasteiger partial charge < -0.3 is 0 Å². The number of Topliss-reactive ketones (excluding diaryl/α,β-unsaturated/α-hetero) is 1. The van der Waals surface area contributed by atoms with Crippen LogP contribution in [0.2, 0.25) is 0 Å². The SMILES string of the molecule is O=C1CC=C(Cl)CC1. The van der Waals surface area contributed by atoms with Crippen LogP contribution in [0.15, 0.2) is 11.1 Å². The molecule has 0 aromatic carbocycles. The van der Waals surface area contributed by atoms with Crippen molar-refractivity contribution in [3.05, 3.63) is 11.1 Å². The third kappa shape index (κ3) is 1.34. The monoisotopic (exact) mass is 130 g/mol. The minimum atomic E-state index is 0.300. The summed E-state index contributed by atoms with van der Waals surface area (Å²) in [4.78, 5) is 10.5. The predicted molar refractivity (Wildman–Crippen MR) is 32.8 cm³/mol. The molecule has 0 saturated carbocycles. The Bertz CT molecular complexity index is 137. The molecule has 1 nitrogen and oxygen atoms in total. The first-order chi connectivity index (χ1) is 3.79. The molecule has 8 heavy (non-hydrogen) atoms. The molecule has 1 aliphatic carbocycles. The second kappa shape index (κ2) is 2.31. The first-order valence-corrected chi connectivity index (χ1v) is 3.03. The third-order valence-electron chi connectivity index (χ3n) is 1.19. The van der Waals surface area contributed by atoms with Gasteiger partial charge in [0.05, 0.1) is 0 Å². The fraction of sp³-hybridized carbons (Fsp3) is 0.500. The smallest absolute Gasteiger partial charge is 0.137 e. The largest absolute Gasteiger partial charge is 0.299 e. The minimum Gasteiger partial charge on any atom is -0.299 e. The topological polar surface area (TPSA) is 17.1 Å². The summed E-state index contributed by atoms with van der Waals surface area (Å²) < 4.78 is 0. The van der Waals surface area contributed by atoms with E-state index < -0.39 is 0 Å². The van der Waals surface area contributed by atoms with Gasteiger partial charge in [-0.1, -0.05) is 17.7 Å². The van der Waals surface area contributed by atoms with Crippen LogP contribution in [-0.2, 0) is 4.79 Å². The molecule has 0 amide bonds. The van der Waals surface area contributed by atoms with Crippen molar-refractivity contribution in [2.24, 2.45) is 0 Å². The standard InChI is InChI=1S/C6H7ClO/c7-5-1-3-6(8)4-2-5/h1H,2-4H2. The number of hydrogen-bond acceptors (Lipinski definition) is 1. The Kier molecular flexibility index (Phi) is 1.69. The lowest BCUT2D eigenvalue weighted by Crippen LogP contribution is -2.00. The minimum absolute atomic E-state index is 0.300. The normalized spacial score (nSPS) is 20.6. The molecule has 2 heteroatoms. The molecule has 0 aromatic rings. The number of rotatable bonds is 0. The maximum absolute atomic E-state index is 10.5. The molecule has 0 saturated heterocycles. The molecule has 44 valence electrons. The summed E-state index contributed by atoms with van der Waals surface area (Å²) in [5, 5.41) is 0.838. The average Bonchev–Trinajstić information content (AvgIpc) is 1.77. The molecule has 0 unspecified atom stereocenters. The summed E-state index contributed by atoms with van der Waals surface area (Å²) in [7, 11) is 0. The molecular weight excluding hydrogens is 124 g/mol. The lowest BCUT2D eigenvalue weighted by atomic mass is 10.1. The zero-order valence-electron chi connectivity index (χ0n) is 4.48. The Labute approximate surface area is 53.3 Å². The van der Waals surface area contributed by atoms with Crippen molar-refractivity contribution >= 4 is 17.4 Å². The van der Waals surface area contributed by atoms with E-state index in [1.54, 1.807) is 6.08 Å². The van der Waals surface area contributed by atoms with Crippen molar-refractivity contribution in [3.8, 4) is 0 Å². The summed E-state index contributed by atoms with van der Waals surface area (Å²) in [6, 6.07) is 0. The highest BCUT2D eigenvalue weighted by Crippen LogP contribution is 2.17. The highest BCUT2D eigenvalue weighted by atomic mass is 35.5. The number of carbonyl (C=O) groups is 1. The third-order valence-corrected chi connectivity index (χ3v) is 1.54. The predicted octanol–water partition coefficient (Wildman–Crippen LogP) is 1.86. The molecule has 0 aliphatic heterocycles. The van der Waals surface area contributed by atoms with Crippen LogP contribution in [0.4, 0.5) is 0 Å². The second-order valence-corrected chi connectivity index (χ2v) is 2.38. The van der Waals surface area contributed by atoms with Gasteiger partial charge in [-0.15, -0.1) is 0 Å². The van der Waals surface area contributed by atoms with Gasteiger partial charge in [-0.25, -0.2) is 0 Å². The number of carbonyl (C=O) groups excluding carboxylic acids is 1. The first kappa shape index (κ1) is 5.83. The van der Waals surface area contributed by atoms with Gasteiger partial charge in [0.25, 0.3) is 0 Å². The number of hydrogen-bond donors (Lipinski definition) is 0. The molecule has 0 radical (unpaired) electrons. The van der Waals surface area contributed by atoms with Crippen molar-refractivity contribution in [1.82, 2.24) is 0 Å². The van der Waals surface area contributed by atoms with E-state index in [2.05, 4.69) is 0 Å². The fourth-order valence-electron chi connectivity index (χ4n) is 0.688. The van der Waals surface area contributed by atoms with E-state index in [9.17, 15) is 4.79 Å². The summed E-state index contributed by atoms with van der Waals surface area (Å²) in [5.41, 5.74) is 0. The summed E-state index contributed by atoms with van der Waals surface area (Å²) in [6.45, 7) is 0. The van der Waals surface area contributed by atoms with Crippen molar-refractivity contribution in [1.29, 1.82) is 0 Å². The van der Waals surface area contributed by atoms with E-state index in [1.807, 2.05) is 0 Å². The van der Waals surface area contributed by atoms with Crippen molar-refractivity contribution < 1.29 is 4.79 Å². The van der Waals surface area contributed by atoms with Gasteiger partial charge >= 0.3 is 0 Å². The molecule has 0 heterocycles. The molecule has 0 fully saturated rings. The molecule has 0 spiro atoms. The van der Waals surface area contributed by atoms with E-state index in [-0.39, 0.29) is 0 Å². The Morgan fingerprint density at radius 1 is 1.50 bits per heavy atom. The van der Waals surface area contributed by atoms with E-state index in [4.69, 9.17) is 11.6 Å². The molecule has 0 aromatic heterocycles. The van der Waals surface area contributed by atoms with Gasteiger partial charge in [-0.3, -0.25) is 4.79 Å². The van der Waals surface area contributed by atoms with Crippen LogP contribution in [0.5, 0.6) is 0 Å². The Balaban J connectivity index is 2.55. The van der Waals surface area contributed by atoms with Crippen molar-refractivity contribution in [3.63, 3.8) is 0 Å². The van der Waals surface area contributed by atoms with Crippen LogP contribution < -0.4 is 0 Å². The molecular formula is C6H7ClO. The van der Waals surface area contributed by atoms with E-state index in [0.29, 0.717) is 18.6 Å². The van der Waals surface area contributed by atoms with Gasteiger partial charge in [-0.05, 0) is 6.42 Å². The molecule has 0 N–H and O–H groups in total. The van der Waals surface area contributed by atoms with E-state index >= 15 is 0 Å². The number of allylic oxidation sites excluding steroid dienone is 2.